The van der Waals surface area contributed by atoms with E-state index in [1.165, 1.54) is 18.3 Å². The molecule has 196 valence electrons. The minimum absolute atomic E-state index is 0.119. The molecule has 0 amide bonds. The largest absolute Gasteiger partial charge is 0.453 e. The molecule has 3 aromatic heterocycles. The van der Waals surface area contributed by atoms with Crippen LogP contribution in [0.3, 0.4) is 0 Å². The molecule has 0 N–H and O–H groups in total. The SMILES string of the molecule is O=c1c2ccccc2nc(-c2cc3cc(Cl)ccc3o2)n1N=Cc1cc(Cl)ccc1Oc1ccc([N+](=O)[O-])cn1. The van der Waals surface area contributed by atoms with E-state index in [9.17, 15) is 14.9 Å². The van der Waals surface area contributed by atoms with Crippen molar-refractivity contribution in [1.29, 1.82) is 0 Å². The summed E-state index contributed by atoms with van der Waals surface area (Å²) in [4.78, 5) is 32.6. The maximum absolute atomic E-state index is 13.6. The molecule has 3 aromatic carbocycles. The number of hydrogen-bond acceptors (Lipinski definition) is 8. The van der Waals surface area contributed by atoms with Crippen molar-refractivity contribution < 1.29 is 14.1 Å². The van der Waals surface area contributed by atoms with Crippen molar-refractivity contribution in [3.05, 3.63) is 121 Å². The molecule has 0 saturated heterocycles. The Bertz CT molecular complexity index is 2020. The number of nitro groups is 1. The van der Waals surface area contributed by atoms with Gasteiger partial charge in [0.2, 0.25) is 11.7 Å². The van der Waals surface area contributed by atoms with Gasteiger partial charge in [0, 0.05) is 33.1 Å². The van der Waals surface area contributed by atoms with Crippen molar-refractivity contribution in [1.82, 2.24) is 14.6 Å². The summed E-state index contributed by atoms with van der Waals surface area (Å²) >= 11 is 12.4. The van der Waals surface area contributed by atoms with Crippen molar-refractivity contribution in [2.45, 2.75) is 0 Å². The zero-order valence-electron chi connectivity index (χ0n) is 20.2. The van der Waals surface area contributed by atoms with E-state index in [1.807, 2.05) is 0 Å². The van der Waals surface area contributed by atoms with Gasteiger partial charge in [0.15, 0.2) is 5.76 Å². The Morgan fingerprint density at radius 2 is 1.80 bits per heavy atom. The van der Waals surface area contributed by atoms with Gasteiger partial charge in [0.1, 0.15) is 17.5 Å². The van der Waals surface area contributed by atoms with E-state index in [4.69, 9.17) is 32.4 Å². The van der Waals surface area contributed by atoms with Crippen molar-refractivity contribution in [2.24, 2.45) is 5.10 Å². The molecule has 6 rings (SSSR count). The Balaban J connectivity index is 1.46. The van der Waals surface area contributed by atoms with Crippen LogP contribution < -0.4 is 10.3 Å². The van der Waals surface area contributed by atoms with Gasteiger partial charge >= 0.3 is 0 Å². The number of hydrogen-bond donors (Lipinski definition) is 0. The quantitative estimate of drug-likeness (QED) is 0.118. The van der Waals surface area contributed by atoms with E-state index in [0.717, 1.165) is 16.3 Å². The Hall–Kier alpha value is -5.06. The second kappa shape index (κ2) is 10.3. The first-order valence-electron chi connectivity index (χ1n) is 11.7. The monoisotopic (exact) mass is 571 g/mol. The van der Waals surface area contributed by atoms with E-state index in [2.05, 4.69) is 15.1 Å². The molecule has 12 heteroatoms. The van der Waals surface area contributed by atoms with E-state index < -0.39 is 10.5 Å². The van der Waals surface area contributed by atoms with Gasteiger partial charge in [-0.1, -0.05) is 35.3 Å². The maximum atomic E-state index is 13.6. The van der Waals surface area contributed by atoms with Gasteiger partial charge in [-0.05, 0) is 54.6 Å². The van der Waals surface area contributed by atoms with E-state index in [0.29, 0.717) is 43.6 Å². The van der Waals surface area contributed by atoms with Gasteiger partial charge < -0.3 is 9.15 Å². The smallest absolute Gasteiger partial charge is 0.287 e. The predicted octanol–water partition coefficient (Wildman–Crippen LogP) is 7.09. The lowest BCUT2D eigenvalue weighted by Crippen LogP contribution is -2.20. The second-order valence-corrected chi connectivity index (χ2v) is 9.38. The van der Waals surface area contributed by atoms with Crippen LogP contribution in [0.15, 0.2) is 99.4 Å². The third-order valence-corrected chi connectivity index (χ3v) is 6.35. The molecule has 0 fully saturated rings. The number of furan rings is 1. The predicted molar refractivity (Wildman–Crippen MR) is 152 cm³/mol. The molecular weight excluding hydrogens is 557 g/mol. The Labute approximate surface area is 234 Å². The number of para-hydroxylation sites is 1. The van der Waals surface area contributed by atoms with Crippen LogP contribution in [0.4, 0.5) is 5.69 Å². The van der Waals surface area contributed by atoms with E-state index in [1.54, 1.807) is 66.7 Å². The lowest BCUT2D eigenvalue weighted by molar-refractivity contribution is -0.385. The third kappa shape index (κ3) is 4.89. The summed E-state index contributed by atoms with van der Waals surface area (Å²) in [5.41, 5.74) is 0.864. The summed E-state index contributed by atoms with van der Waals surface area (Å²) in [6.45, 7) is 0. The van der Waals surface area contributed by atoms with Crippen LogP contribution in [0.1, 0.15) is 5.56 Å². The summed E-state index contributed by atoms with van der Waals surface area (Å²) in [6, 6.07) is 21.3. The number of benzene rings is 3. The zero-order valence-corrected chi connectivity index (χ0v) is 21.7. The van der Waals surface area contributed by atoms with Crippen LogP contribution in [0.25, 0.3) is 33.5 Å². The van der Waals surface area contributed by atoms with Gasteiger partial charge in [-0.15, -0.1) is 0 Å². The molecule has 10 nitrogen and oxygen atoms in total. The van der Waals surface area contributed by atoms with Gasteiger partial charge in [-0.2, -0.15) is 9.78 Å². The lowest BCUT2D eigenvalue weighted by atomic mass is 10.2. The van der Waals surface area contributed by atoms with Crippen molar-refractivity contribution in [3.8, 4) is 23.2 Å². The summed E-state index contributed by atoms with van der Waals surface area (Å²) in [5.74, 6) is 0.911. The average Bonchev–Trinajstić information content (AvgIpc) is 3.37. The Morgan fingerprint density at radius 1 is 1.00 bits per heavy atom. The molecule has 0 aliphatic carbocycles. The Morgan fingerprint density at radius 3 is 2.60 bits per heavy atom. The first-order valence-corrected chi connectivity index (χ1v) is 12.4. The first kappa shape index (κ1) is 25.2. The number of halogens is 2. The number of nitrogens with zero attached hydrogens (tertiary/aromatic N) is 5. The van der Waals surface area contributed by atoms with Crippen molar-refractivity contribution in [3.63, 3.8) is 0 Å². The summed E-state index contributed by atoms with van der Waals surface area (Å²) in [5, 5.41) is 17.4. The third-order valence-electron chi connectivity index (χ3n) is 5.88. The van der Waals surface area contributed by atoms with Gasteiger partial charge in [0.05, 0.1) is 22.0 Å². The molecule has 0 aliphatic rings. The number of rotatable bonds is 6. The first-order chi connectivity index (χ1) is 19.4. The van der Waals surface area contributed by atoms with Crippen molar-refractivity contribution in [2.75, 3.05) is 0 Å². The molecule has 6 aromatic rings. The van der Waals surface area contributed by atoms with Crippen LogP contribution in [-0.4, -0.2) is 25.8 Å². The second-order valence-electron chi connectivity index (χ2n) is 8.50. The minimum atomic E-state index is -0.555. The van der Waals surface area contributed by atoms with E-state index in [-0.39, 0.29) is 17.4 Å². The van der Waals surface area contributed by atoms with Crippen molar-refractivity contribution >= 4 is 57.0 Å². The fourth-order valence-corrected chi connectivity index (χ4v) is 4.36. The summed E-state index contributed by atoms with van der Waals surface area (Å²) in [6.07, 6.45) is 2.49. The Kier molecular flexibility index (Phi) is 6.47. The molecule has 3 heterocycles. The molecule has 0 radical (unpaired) electrons. The maximum Gasteiger partial charge on any atom is 0.287 e. The fraction of sp³-hybridized carbons (Fsp3) is 0. The molecule has 0 atom stereocenters. The van der Waals surface area contributed by atoms with Gasteiger partial charge in [-0.25, -0.2) is 9.97 Å². The molecule has 0 bridgehead atoms. The molecule has 40 heavy (non-hydrogen) atoms. The molecule has 0 unspecified atom stereocenters. The lowest BCUT2D eigenvalue weighted by Gasteiger charge is -2.09. The highest BCUT2D eigenvalue weighted by atomic mass is 35.5. The summed E-state index contributed by atoms with van der Waals surface area (Å²) < 4.78 is 13.0. The van der Waals surface area contributed by atoms with Crippen LogP contribution >= 0.6 is 23.2 Å². The van der Waals surface area contributed by atoms with Crippen LogP contribution in [0.5, 0.6) is 11.6 Å². The number of fused-ring (bicyclic) bond motifs is 2. The van der Waals surface area contributed by atoms with Gasteiger partial charge in [-0.3, -0.25) is 14.9 Å². The summed E-state index contributed by atoms with van der Waals surface area (Å²) in [7, 11) is 0. The number of pyridine rings is 1. The fourth-order valence-electron chi connectivity index (χ4n) is 4.00. The average molecular weight is 572 g/mol. The highest BCUT2D eigenvalue weighted by molar-refractivity contribution is 6.31. The molecule has 0 saturated carbocycles. The highest BCUT2D eigenvalue weighted by Gasteiger charge is 2.17. The number of ether oxygens (including phenoxy) is 1. The standard InChI is InChI=1S/C28H15Cl2N5O5/c29-18-5-8-23-16(11-18)13-25(39-23)27-33-22-4-2-1-3-21(22)28(36)34(27)32-14-17-12-19(30)6-9-24(17)40-26-10-7-20(15-31-26)35(37)38/h1-15H. The van der Waals surface area contributed by atoms with Crippen LogP contribution in [0, 0.1) is 10.1 Å². The van der Waals surface area contributed by atoms with Crippen LogP contribution in [0.2, 0.25) is 10.0 Å². The topological polar surface area (TPSA) is 126 Å². The number of aromatic nitrogens is 3. The molecular formula is C28H15Cl2N5O5. The highest BCUT2D eigenvalue weighted by Crippen LogP contribution is 2.30. The minimum Gasteiger partial charge on any atom is -0.453 e. The van der Waals surface area contributed by atoms with Crippen LogP contribution in [-0.2, 0) is 0 Å². The molecule has 0 aliphatic heterocycles. The van der Waals surface area contributed by atoms with Gasteiger partial charge in [0.25, 0.3) is 11.2 Å². The normalized spacial score (nSPS) is 11.4. The van der Waals surface area contributed by atoms with E-state index >= 15 is 0 Å². The zero-order chi connectivity index (χ0) is 27.8. The molecule has 0 spiro atoms.